The molecule has 4 aliphatic rings. The van der Waals surface area contributed by atoms with Gasteiger partial charge in [-0.3, -0.25) is 19.3 Å². The first-order chi connectivity index (χ1) is 20.7. The number of fused-ring (bicyclic) bond motifs is 2. The molecule has 15 nitrogen and oxygen atoms in total. The normalized spacial score (nSPS) is 20.5. The minimum absolute atomic E-state index is 0.117. The predicted octanol–water partition coefficient (Wildman–Crippen LogP) is 0.938. The molecule has 2 amide bonds. The second kappa shape index (κ2) is 14.1. The Hall–Kier alpha value is -4.57. The quantitative estimate of drug-likeness (QED) is 0.199. The maximum atomic E-state index is 14.7. The summed E-state index contributed by atoms with van der Waals surface area (Å²) in [6, 6.07) is 3.41. The summed E-state index contributed by atoms with van der Waals surface area (Å²) in [4.78, 5) is 50.4. The molecule has 2 atom stereocenters. The number of benzene rings is 1. The van der Waals surface area contributed by atoms with Crippen LogP contribution in [0.5, 0.6) is 11.6 Å². The van der Waals surface area contributed by atoms with Crippen LogP contribution >= 0.6 is 0 Å². The van der Waals surface area contributed by atoms with Crippen molar-refractivity contribution in [1.82, 2.24) is 15.3 Å². The molecule has 6 rings (SSSR count). The molecule has 6 N–H and O–H groups in total. The van der Waals surface area contributed by atoms with Gasteiger partial charge in [0.15, 0.2) is 18.2 Å². The van der Waals surface area contributed by atoms with Crippen molar-refractivity contribution in [3.8, 4) is 11.6 Å². The van der Waals surface area contributed by atoms with Crippen molar-refractivity contribution in [2.24, 2.45) is 11.7 Å². The predicted molar refractivity (Wildman–Crippen MR) is 148 cm³/mol. The van der Waals surface area contributed by atoms with E-state index >= 15 is 0 Å². The molecule has 1 aromatic heterocycles. The molecule has 16 heteroatoms. The minimum Gasteiger partial charge on any atom is -0.492 e. The SMILES string of the molecule is NC1(COc2cc(F)c3c(c2)CC(CNCCC2CN(c4cnc5c(n4)NC(=O)CO5)C(=O)O2)C3)CC1.O=CO.O=CO. The highest BCUT2D eigenvalue weighted by molar-refractivity contribution is 5.94. The molecule has 0 spiro atoms. The van der Waals surface area contributed by atoms with E-state index in [-0.39, 0.29) is 66.4 Å². The summed E-state index contributed by atoms with van der Waals surface area (Å²) in [5.41, 5.74) is 7.59. The number of aromatic nitrogens is 2. The van der Waals surface area contributed by atoms with E-state index in [1.54, 1.807) is 0 Å². The fourth-order valence-corrected chi connectivity index (χ4v) is 4.92. The van der Waals surface area contributed by atoms with Crippen LogP contribution in [0.2, 0.25) is 0 Å². The summed E-state index contributed by atoms with van der Waals surface area (Å²) in [7, 11) is 0. The molecule has 1 saturated heterocycles. The van der Waals surface area contributed by atoms with Gasteiger partial charge >= 0.3 is 6.09 Å². The lowest BCUT2D eigenvalue weighted by Gasteiger charge is -2.18. The molecule has 1 saturated carbocycles. The molecule has 2 fully saturated rings. The van der Waals surface area contributed by atoms with Gasteiger partial charge < -0.3 is 40.8 Å². The van der Waals surface area contributed by atoms with Crippen LogP contribution in [0.25, 0.3) is 0 Å². The van der Waals surface area contributed by atoms with Gasteiger partial charge in [-0.25, -0.2) is 19.2 Å². The average molecular weight is 605 g/mol. The number of nitrogens with zero attached hydrogens (tertiary/aromatic N) is 3. The molecule has 2 aromatic rings. The number of halogens is 1. The summed E-state index contributed by atoms with van der Waals surface area (Å²) in [6.45, 7) is 1.51. The summed E-state index contributed by atoms with van der Waals surface area (Å²) in [5.74, 6) is 0.987. The van der Waals surface area contributed by atoms with E-state index in [9.17, 15) is 14.0 Å². The maximum Gasteiger partial charge on any atom is 0.415 e. The van der Waals surface area contributed by atoms with Gasteiger partial charge in [0.05, 0.1) is 18.3 Å². The molecule has 2 aliphatic carbocycles. The Morgan fingerprint density at radius 1 is 1.23 bits per heavy atom. The van der Waals surface area contributed by atoms with Crippen molar-refractivity contribution in [1.29, 1.82) is 0 Å². The van der Waals surface area contributed by atoms with Crippen LogP contribution in [-0.2, 0) is 32.0 Å². The van der Waals surface area contributed by atoms with E-state index in [0.29, 0.717) is 38.3 Å². The Morgan fingerprint density at radius 2 is 1.98 bits per heavy atom. The van der Waals surface area contributed by atoms with Gasteiger partial charge in [0.1, 0.15) is 24.3 Å². The first-order valence-corrected chi connectivity index (χ1v) is 13.6. The lowest BCUT2D eigenvalue weighted by molar-refractivity contribution is -0.123. The average Bonchev–Trinajstić information content (AvgIpc) is 3.38. The highest BCUT2D eigenvalue weighted by Crippen LogP contribution is 2.35. The number of amides is 2. The monoisotopic (exact) mass is 604 g/mol. The Bertz CT molecular complexity index is 1340. The third-order valence-electron chi connectivity index (χ3n) is 7.23. The second-order valence-electron chi connectivity index (χ2n) is 10.5. The number of cyclic esters (lactones) is 1. The van der Waals surface area contributed by atoms with Crippen LogP contribution in [0, 0.1) is 11.7 Å². The molecule has 43 heavy (non-hydrogen) atoms. The van der Waals surface area contributed by atoms with Crippen molar-refractivity contribution in [3.63, 3.8) is 0 Å². The number of carbonyl (C=O) groups is 4. The van der Waals surface area contributed by atoms with Crippen LogP contribution < -0.4 is 30.7 Å². The molecule has 2 aliphatic heterocycles. The van der Waals surface area contributed by atoms with Crippen molar-refractivity contribution in [2.75, 3.05) is 43.1 Å². The summed E-state index contributed by atoms with van der Waals surface area (Å²) in [6.07, 6.45) is 4.58. The molecule has 1 aromatic carbocycles. The zero-order chi connectivity index (χ0) is 31.0. The van der Waals surface area contributed by atoms with Gasteiger partial charge in [0.2, 0.25) is 0 Å². The number of nitrogens with two attached hydrogens (primary N) is 1. The van der Waals surface area contributed by atoms with Crippen molar-refractivity contribution in [2.45, 2.75) is 43.7 Å². The minimum atomic E-state index is -0.510. The molecule has 2 unspecified atom stereocenters. The van der Waals surface area contributed by atoms with E-state index in [2.05, 4.69) is 20.6 Å². The Morgan fingerprint density at radius 3 is 2.70 bits per heavy atom. The van der Waals surface area contributed by atoms with E-state index in [1.807, 2.05) is 6.07 Å². The van der Waals surface area contributed by atoms with Gasteiger partial charge in [-0.05, 0) is 68.3 Å². The number of hydrogen-bond acceptors (Lipinski definition) is 11. The molecule has 3 heterocycles. The van der Waals surface area contributed by atoms with Gasteiger partial charge in [-0.1, -0.05) is 0 Å². The van der Waals surface area contributed by atoms with E-state index < -0.39 is 6.09 Å². The van der Waals surface area contributed by atoms with Gasteiger partial charge in [-0.15, -0.1) is 0 Å². The van der Waals surface area contributed by atoms with E-state index in [1.165, 1.54) is 17.2 Å². The first kappa shape index (κ1) is 31.4. The molecular formula is C27H33FN6O9. The number of nitrogens with one attached hydrogen (secondary N) is 2. The Kier molecular flexibility index (Phi) is 10.3. The molecule has 0 radical (unpaired) electrons. The standard InChI is InChI=1S/C25H29FN6O5.2CH2O2/c26-19-8-17(36-13-25(27)2-3-25)7-15-5-14(6-18(15)19)9-28-4-1-16-11-32(24(34)37-16)20-10-29-23-22(30-20)31-21(33)12-35-23;2*2-1-3/h7-8,10,14,16,28H,1-6,9,11-13,27H2,(H,30,31,33);2*1H,(H,2,3). The van der Waals surface area contributed by atoms with Crippen molar-refractivity contribution < 1.29 is 48.0 Å². The van der Waals surface area contributed by atoms with Gasteiger partial charge in [-0.2, -0.15) is 0 Å². The fourth-order valence-electron chi connectivity index (χ4n) is 4.92. The van der Waals surface area contributed by atoms with Crippen LogP contribution in [0.4, 0.5) is 20.8 Å². The third kappa shape index (κ3) is 8.26. The van der Waals surface area contributed by atoms with Crippen molar-refractivity contribution in [3.05, 3.63) is 35.3 Å². The highest BCUT2D eigenvalue weighted by Gasteiger charge is 2.39. The largest absolute Gasteiger partial charge is 0.492 e. The molecule has 0 bridgehead atoms. The second-order valence-corrected chi connectivity index (χ2v) is 10.5. The smallest absolute Gasteiger partial charge is 0.415 e. The Labute approximate surface area is 245 Å². The zero-order valence-electron chi connectivity index (χ0n) is 23.2. The number of carbonyl (C=O) groups excluding carboxylic acids is 2. The molecule has 232 valence electrons. The molecular weight excluding hydrogens is 571 g/mol. The van der Waals surface area contributed by atoms with Crippen LogP contribution in [0.3, 0.4) is 0 Å². The van der Waals surface area contributed by atoms with Crippen LogP contribution in [0.15, 0.2) is 18.3 Å². The van der Waals surface area contributed by atoms with E-state index in [4.69, 9.17) is 39.7 Å². The lowest BCUT2D eigenvalue weighted by atomic mass is 10.1. The number of hydrogen-bond donors (Lipinski definition) is 5. The topological polar surface area (TPSA) is 216 Å². The van der Waals surface area contributed by atoms with Crippen LogP contribution in [0.1, 0.15) is 30.4 Å². The van der Waals surface area contributed by atoms with Gasteiger partial charge in [0, 0.05) is 6.07 Å². The van der Waals surface area contributed by atoms with Crippen molar-refractivity contribution >= 4 is 36.6 Å². The zero-order valence-corrected chi connectivity index (χ0v) is 23.2. The third-order valence-corrected chi connectivity index (χ3v) is 7.23. The summed E-state index contributed by atoms with van der Waals surface area (Å²) in [5, 5.41) is 19.8. The lowest BCUT2D eigenvalue weighted by Crippen LogP contribution is -2.30. The number of carboxylic acid groups (broad SMARTS) is 2. The summed E-state index contributed by atoms with van der Waals surface area (Å²) >= 11 is 0. The fraction of sp³-hybridized carbons (Fsp3) is 0.481. The van der Waals surface area contributed by atoms with E-state index in [0.717, 1.165) is 36.9 Å². The Balaban J connectivity index is 0.000000653. The number of anilines is 2. The first-order valence-electron chi connectivity index (χ1n) is 13.6. The summed E-state index contributed by atoms with van der Waals surface area (Å²) < 4.78 is 31.1. The maximum absolute atomic E-state index is 14.7. The van der Waals surface area contributed by atoms with Crippen LogP contribution in [-0.4, -0.2) is 89.6 Å². The highest BCUT2D eigenvalue weighted by atomic mass is 19.1. The number of ether oxygens (including phenoxy) is 3. The number of rotatable bonds is 9. The van der Waals surface area contributed by atoms with Gasteiger partial charge in [0.25, 0.3) is 24.7 Å².